The van der Waals surface area contributed by atoms with Crippen LogP contribution in [0.15, 0.2) is 4.99 Å². The van der Waals surface area contributed by atoms with E-state index in [1.807, 2.05) is 7.05 Å². The zero-order chi connectivity index (χ0) is 16.6. The van der Waals surface area contributed by atoms with Crippen molar-refractivity contribution in [2.45, 2.75) is 59.8 Å². The lowest BCUT2D eigenvalue weighted by Gasteiger charge is -2.42. The van der Waals surface area contributed by atoms with E-state index in [-0.39, 0.29) is 29.4 Å². The van der Waals surface area contributed by atoms with Crippen LogP contribution in [0.2, 0.25) is 0 Å². The third-order valence-corrected chi connectivity index (χ3v) is 4.80. The van der Waals surface area contributed by atoms with Gasteiger partial charge in [0.05, 0.1) is 0 Å². The summed E-state index contributed by atoms with van der Waals surface area (Å²) in [6.07, 6.45) is 6.32. The maximum absolute atomic E-state index is 5.26. The highest BCUT2D eigenvalue weighted by Gasteiger charge is 2.36. The van der Waals surface area contributed by atoms with Crippen molar-refractivity contribution in [1.82, 2.24) is 10.6 Å². The number of hydrogen-bond donors (Lipinski definition) is 2. The van der Waals surface area contributed by atoms with Crippen LogP contribution in [0.5, 0.6) is 0 Å². The van der Waals surface area contributed by atoms with Gasteiger partial charge in [0.1, 0.15) is 0 Å². The van der Waals surface area contributed by atoms with Gasteiger partial charge in [-0.1, -0.05) is 34.1 Å². The topological polar surface area (TPSA) is 45.7 Å². The number of methoxy groups -OCH3 is 1. The zero-order valence-electron chi connectivity index (χ0n) is 16.0. The summed E-state index contributed by atoms with van der Waals surface area (Å²) in [5, 5.41) is 7.03. The van der Waals surface area contributed by atoms with E-state index in [0.29, 0.717) is 5.41 Å². The fourth-order valence-electron chi connectivity index (χ4n) is 3.50. The Labute approximate surface area is 160 Å². The van der Waals surface area contributed by atoms with Crippen molar-refractivity contribution in [2.24, 2.45) is 21.7 Å². The van der Waals surface area contributed by atoms with Crippen molar-refractivity contribution in [3.05, 3.63) is 0 Å². The van der Waals surface area contributed by atoms with E-state index in [0.717, 1.165) is 38.0 Å². The number of hydrogen-bond acceptors (Lipinski definition) is 2. The van der Waals surface area contributed by atoms with E-state index in [4.69, 9.17) is 4.74 Å². The Morgan fingerprint density at radius 1 is 1.26 bits per heavy atom. The predicted octanol–water partition coefficient (Wildman–Crippen LogP) is 4.05. The minimum absolute atomic E-state index is 0. The number of halogens is 1. The molecule has 23 heavy (non-hydrogen) atoms. The fraction of sp³-hybridized carbons (Fsp3) is 0.944. The van der Waals surface area contributed by atoms with Gasteiger partial charge in [-0.15, -0.1) is 24.0 Å². The third-order valence-electron chi connectivity index (χ3n) is 4.80. The van der Waals surface area contributed by atoms with E-state index >= 15 is 0 Å². The Kier molecular flexibility index (Phi) is 10.7. The molecule has 4 nitrogen and oxygen atoms in total. The molecule has 1 fully saturated rings. The number of rotatable bonds is 9. The van der Waals surface area contributed by atoms with Crippen LogP contribution in [0.4, 0.5) is 0 Å². The monoisotopic (exact) mass is 439 g/mol. The molecule has 0 aromatic rings. The zero-order valence-corrected chi connectivity index (χ0v) is 18.3. The van der Waals surface area contributed by atoms with Gasteiger partial charge in [0.15, 0.2) is 5.96 Å². The second-order valence-corrected chi connectivity index (χ2v) is 8.14. The first-order valence-corrected chi connectivity index (χ1v) is 8.76. The lowest BCUT2D eigenvalue weighted by molar-refractivity contribution is 0.0732. The van der Waals surface area contributed by atoms with Crippen LogP contribution in [0.1, 0.15) is 59.8 Å². The second kappa shape index (κ2) is 10.7. The van der Waals surface area contributed by atoms with Crippen LogP contribution in [-0.2, 0) is 4.74 Å². The molecule has 2 N–H and O–H groups in total. The lowest BCUT2D eigenvalue weighted by atomic mass is 9.67. The van der Waals surface area contributed by atoms with E-state index in [1.54, 1.807) is 7.11 Å². The largest absolute Gasteiger partial charge is 0.385 e. The Morgan fingerprint density at radius 2 is 1.91 bits per heavy atom. The standard InChI is InChI=1S/C18H37N3O.HI/c1-15(2)12-17(3,4)13-20-16(19-5)21-14-18(8-7-9-18)10-11-22-6;/h15H,7-14H2,1-6H3,(H2,19,20,21);1H. The molecule has 0 bridgehead atoms. The number of nitrogens with zero attached hydrogens (tertiary/aromatic N) is 1. The Morgan fingerprint density at radius 3 is 2.35 bits per heavy atom. The molecule has 0 unspecified atom stereocenters. The molecule has 0 atom stereocenters. The minimum atomic E-state index is 0. The molecule has 1 aliphatic carbocycles. The van der Waals surface area contributed by atoms with Gasteiger partial charge in [0.25, 0.3) is 0 Å². The highest BCUT2D eigenvalue weighted by atomic mass is 127. The van der Waals surface area contributed by atoms with Crippen LogP contribution in [-0.4, -0.2) is 39.8 Å². The Bertz CT molecular complexity index is 352. The van der Waals surface area contributed by atoms with Gasteiger partial charge in [0, 0.05) is 33.9 Å². The first kappa shape index (κ1) is 23.0. The van der Waals surface area contributed by atoms with Crippen molar-refractivity contribution in [1.29, 1.82) is 0 Å². The summed E-state index contributed by atoms with van der Waals surface area (Å²) < 4.78 is 5.26. The van der Waals surface area contributed by atoms with Crippen molar-refractivity contribution < 1.29 is 4.74 Å². The van der Waals surface area contributed by atoms with Crippen molar-refractivity contribution in [3.63, 3.8) is 0 Å². The average molecular weight is 439 g/mol. The number of aliphatic imine (C=N–C) groups is 1. The summed E-state index contributed by atoms with van der Waals surface area (Å²) in [5.41, 5.74) is 0.705. The van der Waals surface area contributed by atoms with E-state index in [2.05, 4.69) is 43.3 Å². The molecule has 1 aliphatic rings. The molecule has 0 radical (unpaired) electrons. The van der Waals surface area contributed by atoms with Crippen molar-refractivity contribution >= 4 is 29.9 Å². The fourth-order valence-corrected chi connectivity index (χ4v) is 3.50. The summed E-state index contributed by atoms with van der Waals surface area (Å²) in [4.78, 5) is 4.38. The van der Waals surface area contributed by atoms with Gasteiger partial charge in [0.2, 0.25) is 0 Å². The summed E-state index contributed by atoms with van der Waals surface area (Å²) in [7, 11) is 3.64. The molecule has 0 aromatic carbocycles. The predicted molar refractivity (Wildman–Crippen MR) is 111 cm³/mol. The lowest BCUT2D eigenvalue weighted by Crippen LogP contribution is -2.48. The van der Waals surface area contributed by atoms with Crippen LogP contribution < -0.4 is 10.6 Å². The van der Waals surface area contributed by atoms with E-state index < -0.39 is 0 Å². The molecule has 0 aliphatic heterocycles. The van der Waals surface area contributed by atoms with Crippen molar-refractivity contribution in [3.8, 4) is 0 Å². The van der Waals surface area contributed by atoms with Gasteiger partial charge < -0.3 is 15.4 Å². The molecular weight excluding hydrogens is 401 g/mol. The van der Waals surface area contributed by atoms with Gasteiger partial charge in [-0.05, 0) is 42.4 Å². The van der Waals surface area contributed by atoms with Gasteiger partial charge in [-0.2, -0.15) is 0 Å². The normalized spacial score (nSPS) is 17.4. The summed E-state index contributed by atoms with van der Waals surface area (Å²) in [6.45, 7) is 12.0. The highest BCUT2D eigenvalue weighted by Crippen LogP contribution is 2.43. The summed E-state index contributed by atoms with van der Waals surface area (Å²) in [5.74, 6) is 1.65. The average Bonchev–Trinajstić information content (AvgIpc) is 2.38. The maximum Gasteiger partial charge on any atom is 0.191 e. The first-order chi connectivity index (χ1) is 10.3. The molecule has 0 amide bonds. The van der Waals surface area contributed by atoms with Crippen molar-refractivity contribution in [2.75, 3.05) is 33.9 Å². The minimum Gasteiger partial charge on any atom is -0.385 e. The third kappa shape index (κ3) is 8.57. The highest BCUT2D eigenvalue weighted by molar-refractivity contribution is 14.0. The van der Waals surface area contributed by atoms with Crippen LogP contribution in [0, 0.1) is 16.7 Å². The van der Waals surface area contributed by atoms with E-state index in [1.165, 1.54) is 25.7 Å². The SMILES string of the molecule is CN=C(NCC(C)(C)CC(C)C)NCC1(CCOC)CCC1.I. The number of nitrogens with one attached hydrogen (secondary N) is 2. The molecule has 138 valence electrons. The first-order valence-electron chi connectivity index (χ1n) is 8.76. The summed E-state index contributed by atoms with van der Waals surface area (Å²) >= 11 is 0. The molecule has 0 saturated heterocycles. The molecule has 5 heteroatoms. The molecular formula is C18H38IN3O. The van der Waals surface area contributed by atoms with Gasteiger partial charge in [-0.3, -0.25) is 4.99 Å². The van der Waals surface area contributed by atoms with Crippen LogP contribution in [0.3, 0.4) is 0 Å². The quantitative estimate of drug-likeness (QED) is 0.324. The summed E-state index contributed by atoms with van der Waals surface area (Å²) in [6, 6.07) is 0. The smallest absolute Gasteiger partial charge is 0.191 e. The molecule has 0 spiro atoms. The Balaban J connectivity index is 0.00000484. The molecule has 1 rings (SSSR count). The molecule has 0 heterocycles. The second-order valence-electron chi connectivity index (χ2n) is 8.14. The number of ether oxygens (including phenoxy) is 1. The molecule has 0 aromatic heterocycles. The Hall–Kier alpha value is -0.0400. The van der Waals surface area contributed by atoms with Crippen LogP contribution >= 0.6 is 24.0 Å². The van der Waals surface area contributed by atoms with E-state index in [9.17, 15) is 0 Å². The maximum atomic E-state index is 5.26. The molecule has 1 saturated carbocycles. The van der Waals surface area contributed by atoms with Crippen LogP contribution in [0.25, 0.3) is 0 Å². The van der Waals surface area contributed by atoms with Gasteiger partial charge in [-0.25, -0.2) is 0 Å². The number of guanidine groups is 1. The van der Waals surface area contributed by atoms with Gasteiger partial charge >= 0.3 is 0 Å².